The maximum atomic E-state index is 6.22. The minimum absolute atomic E-state index is 0.111. The van der Waals surface area contributed by atoms with E-state index in [0.717, 1.165) is 64.3 Å². The molecule has 3 aliphatic heterocycles. The molecule has 122 valence electrons. The van der Waals surface area contributed by atoms with Crippen molar-refractivity contribution in [3.63, 3.8) is 0 Å². The van der Waals surface area contributed by atoms with Crippen molar-refractivity contribution in [3.05, 3.63) is 0 Å². The predicted octanol–water partition coefficient (Wildman–Crippen LogP) is 2.37. The van der Waals surface area contributed by atoms with Crippen LogP contribution in [0, 0.1) is 11.8 Å². The van der Waals surface area contributed by atoms with E-state index in [0.29, 0.717) is 6.04 Å². The van der Waals surface area contributed by atoms with Crippen LogP contribution >= 0.6 is 0 Å². The van der Waals surface area contributed by atoms with Crippen LogP contribution in [0.4, 0.5) is 0 Å². The Morgan fingerprint density at radius 2 is 1.62 bits per heavy atom. The molecule has 21 heavy (non-hydrogen) atoms. The van der Waals surface area contributed by atoms with E-state index in [1.165, 1.54) is 25.7 Å². The Balaban J connectivity index is 1.66. The third kappa shape index (κ3) is 3.79. The van der Waals surface area contributed by atoms with E-state index in [2.05, 4.69) is 12.2 Å². The van der Waals surface area contributed by atoms with Crippen LogP contribution in [0.2, 0.25) is 0 Å². The largest absolute Gasteiger partial charge is 0.381 e. The highest BCUT2D eigenvalue weighted by atomic mass is 16.5. The van der Waals surface area contributed by atoms with Crippen molar-refractivity contribution < 1.29 is 14.2 Å². The summed E-state index contributed by atoms with van der Waals surface area (Å²) in [7, 11) is 0. The van der Waals surface area contributed by atoms with Gasteiger partial charge in [-0.25, -0.2) is 0 Å². The molecule has 4 nitrogen and oxygen atoms in total. The fourth-order valence-corrected chi connectivity index (χ4v) is 4.49. The highest BCUT2D eigenvalue weighted by Gasteiger charge is 2.42. The molecule has 3 saturated heterocycles. The van der Waals surface area contributed by atoms with Gasteiger partial charge in [0.05, 0.1) is 5.60 Å². The zero-order valence-corrected chi connectivity index (χ0v) is 13.4. The van der Waals surface area contributed by atoms with Gasteiger partial charge in [-0.2, -0.15) is 0 Å². The molecule has 0 aliphatic carbocycles. The fraction of sp³-hybridized carbons (Fsp3) is 1.00. The molecule has 0 aromatic rings. The Kier molecular flexibility index (Phi) is 5.54. The number of hydrogen-bond acceptors (Lipinski definition) is 4. The molecular formula is C17H31NO3. The first-order valence-electron chi connectivity index (χ1n) is 8.86. The summed E-state index contributed by atoms with van der Waals surface area (Å²) in [6.07, 6.45) is 7.01. The second-order valence-electron chi connectivity index (χ2n) is 6.93. The SMILES string of the molecule is CCNC(C1CCOCC1)C1CCOC2(CCOCC2)C1. The zero-order valence-electron chi connectivity index (χ0n) is 13.4. The van der Waals surface area contributed by atoms with E-state index in [1.807, 2.05) is 0 Å². The van der Waals surface area contributed by atoms with Crippen molar-refractivity contribution in [2.75, 3.05) is 39.6 Å². The summed E-state index contributed by atoms with van der Waals surface area (Å²) in [5, 5.41) is 3.80. The molecule has 3 fully saturated rings. The van der Waals surface area contributed by atoms with E-state index >= 15 is 0 Å². The lowest BCUT2D eigenvalue weighted by molar-refractivity contribution is -0.152. The quantitative estimate of drug-likeness (QED) is 0.865. The van der Waals surface area contributed by atoms with Crippen LogP contribution in [-0.2, 0) is 14.2 Å². The molecule has 2 unspecified atom stereocenters. The van der Waals surface area contributed by atoms with Gasteiger partial charge in [0.15, 0.2) is 0 Å². The lowest BCUT2D eigenvalue weighted by Crippen LogP contribution is -2.52. The smallest absolute Gasteiger partial charge is 0.0729 e. The molecule has 0 amide bonds. The monoisotopic (exact) mass is 297 g/mol. The van der Waals surface area contributed by atoms with Gasteiger partial charge in [-0.05, 0) is 56.9 Å². The average Bonchev–Trinajstić information content (AvgIpc) is 2.54. The summed E-state index contributed by atoms with van der Waals surface area (Å²) < 4.78 is 17.3. The summed E-state index contributed by atoms with van der Waals surface area (Å²) in [6.45, 7) is 7.84. The lowest BCUT2D eigenvalue weighted by atomic mass is 9.73. The van der Waals surface area contributed by atoms with Gasteiger partial charge in [-0.3, -0.25) is 0 Å². The highest BCUT2D eigenvalue weighted by Crippen LogP contribution is 2.40. The number of ether oxygens (including phenoxy) is 3. The Hall–Kier alpha value is -0.160. The molecule has 0 saturated carbocycles. The van der Waals surface area contributed by atoms with Crippen LogP contribution in [0.5, 0.6) is 0 Å². The number of nitrogens with one attached hydrogen (secondary N) is 1. The molecule has 0 aromatic heterocycles. The number of rotatable bonds is 4. The van der Waals surface area contributed by atoms with E-state index in [-0.39, 0.29) is 5.60 Å². The summed E-state index contributed by atoms with van der Waals surface area (Å²) in [6, 6.07) is 0.641. The minimum Gasteiger partial charge on any atom is -0.381 e. The van der Waals surface area contributed by atoms with E-state index in [4.69, 9.17) is 14.2 Å². The number of hydrogen-bond donors (Lipinski definition) is 1. The lowest BCUT2D eigenvalue weighted by Gasteiger charge is -2.47. The molecule has 1 spiro atoms. The standard InChI is InChI=1S/C17H31NO3/c1-2-18-16(14-3-8-19-9-4-14)15-5-10-21-17(13-15)6-11-20-12-7-17/h14-16,18H,2-13H2,1H3. The minimum atomic E-state index is 0.111. The maximum Gasteiger partial charge on any atom is 0.0729 e. The van der Waals surface area contributed by atoms with Crippen molar-refractivity contribution >= 4 is 0 Å². The molecular weight excluding hydrogens is 266 g/mol. The van der Waals surface area contributed by atoms with Gasteiger partial charge in [0, 0.05) is 39.1 Å². The molecule has 3 aliphatic rings. The van der Waals surface area contributed by atoms with Gasteiger partial charge in [0.1, 0.15) is 0 Å². The van der Waals surface area contributed by atoms with Gasteiger partial charge in [0.25, 0.3) is 0 Å². The van der Waals surface area contributed by atoms with Crippen LogP contribution in [0.25, 0.3) is 0 Å². The van der Waals surface area contributed by atoms with Gasteiger partial charge in [0.2, 0.25) is 0 Å². The summed E-state index contributed by atoms with van der Waals surface area (Å²) in [4.78, 5) is 0. The Morgan fingerprint density at radius 3 is 2.33 bits per heavy atom. The summed E-state index contributed by atoms with van der Waals surface area (Å²) in [5.41, 5.74) is 0.111. The van der Waals surface area contributed by atoms with Crippen LogP contribution < -0.4 is 5.32 Å². The summed E-state index contributed by atoms with van der Waals surface area (Å²) in [5.74, 6) is 1.53. The van der Waals surface area contributed by atoms with Gasteiger partial charge < -0.3 is 19.5 Å². The van der Waals surface area contributed by atoms with Crippen molar-refractivity contribution in [2.24, 2.45) is 11.8 Å². The van der Waals surface area contributed by atoms with Crippen molar-refractivity contribution in [2.45, 2.75) is 57.1 Å². The first-order chi connectivity index (χ1) is 10.3. The van der Waals surface area contributed by atoms with Crippen molar-refractivity contribution in [3.8, 4) is 0 Å². The third-order valence-corrected chi connectivity index (χ3v) is 5.66. The van der Waals surface area contributed by atoms with Crippen molar-refractivity contribution in [1.29, 1.82) is 0 Å². The molecule has 0 bridgehead atoms. The van der Waals surface area contributed by atoms with Crippen LogP contribution in [0.3, 0.4) is 0 Å². The Labute approximate surface area is 128 Å². The highest BCUT2D eigenvalue weighted by molar-refractivity contribution is 4.94. The van der Waals surface area contributed by atoms with E-state index in [1.54, 1.807) is 0 Å². The first-order valence-corrected chi connectivity index (χ1v) is 8.86. The van der Waals surface area contributed by atoms with Gasteiger partial charge >= 0.3 is 0 Å². The normalized spacial score (nSPS) is 32.1. The molecule has 2 atom stereocenters. The van der Waals surface area contributed by atoms with Gasteiger partial charge in [-0.15, -0.1) is 0 Å². The Bertz CT molecular complexity index is 306. The van der Waals surface area contributed by atoms with Crippen LogP contribution in [0.15, 0.2) is 0 Å². The predicted molar refractivity (Wildman–Crippen MR) is 82.5 cm³/mol. The average molecular weight is 297 g/mol. The van der Waals surface area contributed by atoms with Crippen LogP contribution in [0.1, 0.15) is 45.4 Å². The third-order valence-electron chi connectivity index (χ3n) is 5.66. The molecule has 0 aromatic carbocycles. The molecule has 3 heterocycles. The zero-order chi connectivity index (χ0) is 14.5. The van der Waals surface area contributed by atoms with Crippen LogP contribution in [-0.4, -0.2) is 51.2 Å². The second-order valence-corrected chi connectivity index (χ2v) is 6.93. The molecule has 4 heteroatoms. The molecule has 3 rings (SSSR count). The maximum absolute atomic E-state index is 6.22. The van der Waals surface area contributed by atoms with E-state index < -0.39 is 0 Å². The van der Waals surface area contributed by atoms with Gasteiger partial charge in [-0.1, -0.05) is 6.92 Å². The van der Waals surface area contributed by atoms with Crippen molar-refractivity contribution in [1.82, 2.24) is 5.32 Å². The summed E-state index contributed by atoms with van der Waals surface area (Å²) >= 11 is 0. The Morgan fingerprint density at radius 1 is 0.952 bits per heavy atom. The second kappa shape index (κ2) is 7.40. The fourth-order valence-electron chi connectivity index (χ4n) is 4.49. The van der Waals surface area contributed by atoms with E-state index in [9.17, 15) is 0 Å². The molecule has 1 N–H and O–H groups in total. The molecule has 0 radical (unpaired) electrons. The first kappa shape index (κ1) is 15.7. The topological polar surface area (TPSA) is 39.7 Å².